The van der Waals surface area contributed by atoms with Gasteiger partial charge in [-0.1, -0.05) is 24.4 Å². The minimum Gasteiger partial charge on any atom is -0.207 e. The van der Waals surface area contributed by atoms with Crippen molar-refractivity contribution in [2.45, 2.75) is 42.0 Å². The van der Waals surface area contributed by atoms with Gasteiger partial charge in [0.05, 0.1) is 10.3 Å². The van der Waals surface area contributed by atoms with Gasteiger partial charge in [0, 0.05) is 18.1 Å². The Morgan fingerprint density at radius 3 is 2.32 bits per heavy atom. The van der Waals surface area contributed by atoms with Crippen molar-refractivity contribution < 1.29 is 8.42 Å². The van der Waals surface area contributed by atoms with Crippen LogP contribution >= 0.6 is 23.2 Å². The van der Waals surface area contributed by atoms with E-state index in [2.05, 4.69) is 0 Å². The van der Waals surface area contributed by atoms with E-state index in [1.165, 1.54) is 16.4 Å². The molecule has 3 nitrogen and oxygen atoms in total. The third-order valence-electron chi connectivity index (χ3n) is 3.60. The van der Waals surface area contributed by atoms with Crippen LogP contribution < -0.4 is 0 Å². The summed E-state index contributed by atoms with van der Waals surface area (Å²) in [6.07, 6.45) is 3.78. The molecule has 1 aromatic carbocycles. The Labute approximate surface area is 124 Å². The van der Waals surface area contributed by atoms with E-state index >= 15 is 0 Å². The number of hydrogen-bond acceptors (Lipinski definition) is 2. The predicted molar refractivity (Wildman–Crippen MR) is 78.3 cm³/mol. The second-order valence-corrected chi connectivity index (χ2v) is 7.84. The van der Waals surface area contributed by atoms with Gasteiger partial charge in [-0.25, -0.2) is 8.42 Å². The van der Waals surface area contributed by atoms with Gasteiger partial charge >= 0.3 is 0 Å². The van der Waals surface area contributed by atoms with E-state index in [0.29, 0.717) is 5.02 Å². The van der Waals surface area contributed by atoms with Crippen LogP contribution in [0.3, 0.4) is 0 Å². The zero-order chi connectivity index (χ0) is 14.0. The number of benzene rings is 1. The highest BCUT2D eigenvalue weighted by Crippen LogP contribution is 2.30. The van der Waals surface area contributed by atoms with Crippen LogP contribution in [0.2, 0.25) is 5.02 Å². The largest absolute Gasteiger partial charge is 0.243 e. The van der Waals surface area contributed by atoms with Crippen molar-refractivity contribution in [2.75, 3.05) is 7.05 Å². The van der Waals surface area contributed by atoms with Crippen LogP contribution in [0.5, 0.6) is 0 Å². The van der Waals surface area contributed by atoms with Gasteiger partial charge in [-0.05, 0) is 37.1 Å². The van der Waals surface area contributed by atoms with Gasteiger partial charge in [-0.3, -0.25) is 0 Å². The normalized spacial score (nSPS) is 24.6. The van der Waals surface area contributed by atoms with E-state index in [1.54, 1.807) is 19.2 Å². The molecule has 6 heteroatoms. The third-order valence-corrected chi connectivity index (χ3v) is 6.26. The Bertz CT molecular complexity index is 530. The summed E-state index contributed by atoms with van der Waals surface area (Å²) in [4.78, 5) is 0.258. The Balaban J connectivity index is 2.25. The maximum Gasteiger partial charge on any atom is 0.243 e. The Kier molecular flexibility index (Phi) is 4.77. The maximum atomic E-state index is 12.5. The third kappa shape index (κ3) is 3.24. The monoisotopic (exact) mass is 321 g/mol. The summed E-state index contributed by atoms with van der Waals surface area (Å²) in [5.41, 5.74) is 0. The Hall–Kier alpha value is -0.290. The molecule has 0 spiro atoms. The SMILES string of the molecule is CN(C1CCCCC1Cl)S(=O)(=O)c1ccc(Cl)cc1. The molecule has 1 fully saturated rings. The zero-order valence-corrected chi connectivity index (χ0v) is 13.0. The van der Waals surface area contributed by atoms with E-state index in [9.17, 15) is 8.42 Å². The van der Waals surface area contributed by atoms with Crippen molar-refractivity contribution in [3.8, 4) is 0 Å². The number of sulfonamides is 1. The summed E-state index contributed by atoms with van der Waals surface area (Å²) in [6, 6.07) is 6.10. The molecule has 1 saturated carbocycles. The second-order valence-electron chi connectivity index (χ2n) is 4.84. The molecule has 0 N–H and O–H groups in total. The van der Waals surface area contributed by atoms with E-state index in [1.807, 2.05) is 0 Å². The lowest BCUT2D eigenvalue weighted by atomic mass is 9.95. The van der Waals surface area contributed by atoms with Crippen LogP contribution in [0.4, 0.5) is 0 Å². The van der Waals surface area contributed by atoms with Gasteiger partial charge in [-0.2, -0.15) is 4.31 Å². The van der Waals surface area contributed by atoms with Crippen molar-refractivity contribution in [3.63, 3.8) is 0 Å². The lowest BCUT2D eigenvalue weighted by Crippen LogP contribution is -2.44. The van der Waals surface area contributed by atoms with Crippen molar-refractivity contribution in [2.24, 2.45) is 0 Å². The molecule has 2 atom stereocenters. The number of rotatable bonds is 3. The average molecular weight is 322 g/mol. The van der Waals surface area contributed by atoms with E-state index < -0.39 is 10.0 Å². The molecule has 1 aromatic rings. The first-order chi connectivity index (χ1) is 8.93. The topological polar surface area (TPSA) is 37.4 Å². The molecule has 0 saturated heterocycles. The molecular weight excluding hydrogens is 305 g/mol. The molecule has 1 aliphatic rings. The van der Waals surface area contributed by atoms with Crippen LogP contribution in [-0.4, -0.2) is 31.2 Å². The van der Waals surface area contributed by atoms with E-state index in [0.717, 1.165) is 25.7 Å². The van der Waals surface area contributed by atoms with Crippen molar-refractivity contribution >= 4 is 33.2 Å². The summed E-state index contributed by atoms with van der Waals surface area (Å²) >= 11 is 12.1. The molecule has 0 aromatic heterocycles. The van der Waals surface area contributed by atoms with E-state index in [4.69, 9.17) is 23.2 Å². The molecule has 0 bridgehead atoms. The zero-order valence-electron chi connectivity index (χ0n) is 10.7. The van der Waals surface area contributed by atoms with Crippen molar-refractivity contribution in [1.82, 2.24) is 4.31 Å². The molecule has 19 heavy (non-hydrogen) atoms. The molecule has 0 radical (unpaired) electrons. The first-order valence-electron chi connectivity index (χ1n) is 6.30. The minimum absolute atomic E-state index is 0.110. The number of hydrogen-bond donors (Lipinski definition) is 0. The van der Waals surface area contributed by atoms with Gasteiger partial charge in [0.1, 0.15) is 0 Å². The summed E-state index contributed by atoms with van der Waals surface area (Å²) in [5, 5.41) is 0.412. The molecule has 0 heterocycles. The first kappa shape index (κ1) is 15.1. The molecule has 1 aliphatic carbocycles. The smallest absolute Gasteiger partial charge is 0.207 e. The van der Waals surface area contributed by atoms with Gasteiger partial charge < -0.3 is 0 Å². The first-order valence-corrected chi connectivity index (χ1v) is 8.56. The maximum absolute atomic E-state index is 12.5. The standard InChI is InChI=1S/C13H17Cl2NO2S/c1-16(13-5-3-2-4-12(13)15)19(17,18)11-8-6-10(14)7-9-11/h6-9,12-13H,2-5H2,1H3. The lowest BCUT2D eigenvalue weighted by molar-refractivity contribution is 0.291. The van der Waals surface area contributed by atoms with Crippen LogP contribution in [0.1, 0.15) is 25.7 Å². The molecule has 106 valence electrons. The molecule has 0 aliphatic heterocycles. The van der Waals surface area contributed by atoms with Crippen LogP contribution in [0.25, 0.3) is 0 Å². The van der Waals surface area contributed by atoms with E-state index in [-0.39, 0.29) is 16.3 Å². The lowest BCUT2D eigenvalue weighted by Gasteiger charge is -2.34. The highest BCUT2D eigenvalue weighted by atomic mass is 35.5. The van der Waals surface area contributed by atoms with Crippen molar-refractivity contribution in [3.05, 3.63) is 29.3 Å². The number of nitrogens with zero attached hydrogens (tertiary/aromatic N) is 1. The van der Waals surface area contributed by atoms with Crippen LogP contribution in [-0.2, 0) is 10.0 Å². The second kappa shape index (κ2) is 6.00. The number of alkyl halides is 1. The summed E-state index contributed by atoms with van der Waals surface area (Å²) in [6.45, 7) is 0. The van der Waals surface area contributed by atoms with Gasteiger partial charge in [0.25, 0.3) is 0 Å². The predicted octanol–water partition coefficient (Wildman–Crippen LogP) is 3.51. The minimum atomic E-state index is -3.50. The summed E-state index contributed by atoms with van der Waals surface area (Å²) < 4.78 is 26.4. The fourth-order valence-corrected chi connectivity index (χ4v) is 4.49. The van der Waals surface area contributed by atoms with Crippen LogP contribution in [0.15, 0.2) is 29.2 Å². The van der Waals surface area contributed by atoms with Gasteiger partial charge in [-0.15, -0.1) is 11.6 Å². The highest BCUT2D eigenvalue weighted by molar-refractivity contribution is 7.89. The molecular formula is C13H17Cl2NO2S. The van der Waals surface area contributed by atoms with Gasteiger partial charge in [0.2, 0.25) is 10.0 Å². The molecule has 2 unspecified atom stereocenters. The molecule has 0 amide bonds. The fourth-order valence-electron chi connectivity index (χ4n) is 2.43. The quantitative estimate of drug-likeness (QED) is 0.799. The van der Waals surface area contributed by atoms with Crippen molar-refractivity contribution in [1.29, 1.82) is 0 Å². The highest BCUT2D eigenvalue weighted by Gasteiger charge is 2.34. The fraction of sp³-hybridized carbons (Fsp3) is 0.538. The Morgan fingerprint density at radius 1 is 1.16 bits per heavy atom. The summed E-state index contributed by atoms with van der Waals surface area (Å²) in [5.74, 6) is 0. The molecule has 2 rings (SSSR count). The summed E-state index contributed by atoms with van der Waals surface area (Å²) in [7, 11) is -1.89. The Morgan fingerprint density at radius 2 is 1.74 bits per heavy atom. The average Bonchev–Trinajstić information content (AvgIpc) is 2.39. The number of halogens is 2. The van der Waals surface area contributed by atoms with Gasteiger partial charge in [0.15, 0.2) is 0 Å². The van der Waals surface area contributed by atoms with Crippen LogP contribution in [0, 0.1) is 0 Å².